The molecular weight excluding hydrogens is 244 g/mol. The largest absolute Gasteiger partial charge is 0.356 e. The first-order valence-corrected chi connectivity index (χ1v) is 6.45. The van der Waals surface area contributed by atoms with Crippen LogP contribution in [0.4, 0.5) is 11.4 Å². The fraction of sp³-hybridized carbons (Fsp3) is 0.182. The number of fused-ring (bicyclic) bond motifs is 1. The SMILES string of the molecule is O=C1Nc2ccc(Cl)cc2NC2=C1CSC2. The molecule has 82 valence electrons. The first-order chi connectivity index (χ1) is 7.74. The van der Waals surface area contributed by atoms with Crippen LogP contribution in [0.5, 0.6) is 0 Å². The number of benzene rings is 1. The third-order valence-electron chi connectivity index (χ3n) is 2.65. The molecule has 0 bridgehead atoms. The molecule has 5 heteroatoms. The van der Waals surface area contributed by atoms with Gasteiger partial charge in [-0.15, -0.1) is 0 Å². The molecule has 16 heavy (non-hydrogen) atoms. The summed E-state index contributed by atoms with van der Waals surface area (Å²) in [4.78, 5) is 11.9. The Morgan fingerprint density at radius 3 is 2.94 bits per heavy atom. The molecule has 1 amide bonds. The van der Waals surface area contributed by atoms with Crippen LogP contribution in [0, 0.1) is 0 Å². The number of carbonyl (C=O) groups is 1. The van der Waals surface area contributed by atoms with E-state index in [0.29, 0.717) is 5.02 Å². The van der Waals surface area contributed by atoms with E-state index in [-0.39, 0.29) is 5.91 Å². The summed E-state index contributed by atoms with van der Waals surface area (Å²) in [5, 5.41) is 6.84. The summed E-state index contributed by atoms with van der Waals surface area (Å²) in [5.41, 5.74) is 3.50. The lowest BCUT2D eigenvalue weighted by Crippen LogP contribution is -2.14. The Bertz CT molecular complexity index is 513. The summed E-state index contributed by atoms with van der Waals surface area (Å²) in [7, 11) is 0. The van der Waals surface area contributed by atoms with Crippen LogP contribution < -0.4 is 10.6 Å². The predicted octanol–water partition coefficient (Wildman–Crippen LogP) is 2.70. The minimum absolute atomic E-state index is 0.00595. The maximum atomic E-state index is 11.9. The molecule has 0 aromatic heterocycles. The van der Waals surface area contributed by atoms with Crippen LogP contribution in [-0.2, 0) is 4.79 Å². The number of carbonyl (C=O) groups excluding carboxylic acids is 1. The summed E-state index contributed by atoms with van der Waals surface area (Å²) in [6.45, 7) is 0. The van der Waals surface area contributed by atoms with Gasteiger partial charge in [0, 0.05) is 27.8 Å². The standard InChI is InChI=1S/C11H9ClN2OS/c12-6-1-2-8-9(3-6)13-10-5-16-4-7(10)11(15)14-8/h1-3,13H,4-5H2,(H,14,15). The van der Waals surface area contributed by atoms with Crippen molar-refractivity contribution in [2.75, 3.05) is 22.1 Å². The van der Waals surface area contributed by atoms with E-state index in [1.165, 1.54) is 0 Å². The van der Waals surface area contributed by atoms with E-state index >= 15 is 0 Å². The molecule has 0 spiro atoms. The van der Waals surface area contributed by atoms with E-state index in [0.717, 1.165) is 34.2 Å². The summed E-state index contributed by atoms with van der Waals surface area (Å²) < 4.78 is 0. The molecule has 3 nitrogen and oxygen atoms in total. The van der Waals surface area contributed by atoms with Gasteiger partial charge in [-0.3, -0.25) is 4.79 Å². The number of amides is 1. The molecule has 2 aliphatic heterocycles. The predicted molar refractivity (Wildman–Crippen MR) is 68.1 cm³/mol. The van der Waals surface area contributed by atoms with Gasteiger partial charge in [-0.05, 0) is 18.2 Å². The highest BCUT2D eigenvalue weighted by atomic mass is 35.5. The van der Waals surface area contributed by atoms with Gasteiger partial charge in [0.25, 0.3) is 5.91 Å². The zero-order valence-corrected chi connectivity index (χ0v) is 9.91. The van der Waals surface area contributed by atoms with Crippen molar-refractivity contribution in [3.05, 3.63) is 34.5 Å². The zero-order chi connectivity index (χ0) is 11.1. The zero-order valence-electron chi connectivity index (χ0n) is 8.34. The number of halogens is 1. The lowest BCUT2D eigenvalue weighted by Gasteiger charge is -2.09. The Kier molecular flexibility index (Phi) is 2.33. The topological polar surface area (TPSA) is 41.1 Å². The Morgan fingerprint density at radius 1 is 1.19 bits per heavy atom. The highest BCUT2D eigenvalue weighted by molar-refractivity contribution is 8.00. The smallest absolute Gasteiger partial charge is 0.254 e. The molecule has 3 rings (SSSR count). The van der Waals surface area contributed by atoms with Gasteiger partial charge in [-0.1, -0.05) is 11.6 Å². The van der Waals surface area contributed by atoms with E-state index in [2.05, 4.69) is 10.6 Å². The molecular formula is C11H9ClN2OS. The van der Waals surface area contributed by atoms with Crippen molar-refractivity contribution in [1.82, 2.24) is 0 Å². The van der Waals surface area contributed by atoms with Crippen LogP contribution in [0.3, 0.4) is 0 Å². The number of nitrogens with one attached hydrogen (secondary N) is 2. The highest BCUT2D eigenvalue weighted by Crippen LogP contribution is 2.34. The first-order valence-electron chi connectivity index (χ1n) is 4.92. The van der Waals surface area contributed by atoms with Gasteiger partial charge in [0.2, 0.25) is 0 Å². The second-order valence-corrected chi connectivity index (χ2v) is 5.14. The summed E-state index contributed by atoms with van der Waals surface area (Å²) in [5.74, 6) is 1.62. The maximum Gasteiger partial charge on any atom is 0.254 e. The lowest BCUT2D eigenvalue weighted by molar-refractivity contribution is -0.112. The molecule has 1 aromatic carbocycles. The average Bonchev–Trinajstić information content (AvgIpc) is 2.65. The number of anilines is 2. The summed E-state index contributed by atoms with van der Waals surface area (Å²) >= 11 is 7.68. The number of rotatable bonds is 0. The quantitative estimate of drug-likeness (QED) is 0.746. The molecule has 0 unspecified atom stereocenters. The van der Waals surface area contributed by atoms with Crippen molar-refractivity contribution in [3.8, 4) is 0 Å². The van der Waals surface area contributed by atoms with E-state index in [1.54, 1.807) is 17.8 Å². The van der Waals surface area contributed by atoms with E-state index < -0.39 is 0 Å². The Balaban J connectivity index is 2.09. The first kappa shape index (κ1) is 10.1. The molecule has 0 saturated heterocycles. The van der Waals surface area contributed by atoms with E-state index in [1.807, 2.05) is 12.1 Å². The van der Waals surface area contributed by atoms with E-state index in [4.69, 9.17) is 11.6 Å². The van der Waals surface area contributed by atoms with E-state index in [9.17, 15) is 4.79 Å². The molecule has 0 atom stereocenters. The molecule has 0 aliphatic carbocycles. The van der Waals surface area contributed by atoms with Gasteiger partial charge in [0.15, 0.2) is 0 Å². The molecule has 1 aromatic rings. The fourth-order valence-electron chi connectivity index (χ4n) is 1.83. The van der Waals surface area contributed by atoms with Gasteiger partial charge in [-0.25, -0.2) is 0 Å². The van der Waals surface area contributed by atoms with Crippen molar-refractivity contribution in [2.24, 2.45) is 0 Å². The van der Waals surface area contributed by atoms with Crippen LogP contribution >= 0.6 is 23.4 Å². The average molecular weight is 253 g/mol. The summed E-state index contributed by atoms with van der Waals surface area (Å²) in [6, 6.07) is 5.42. The highest BCUT2D eigenvalue weighted by Gasteiger charge is 2.25. The number of hydrogen-bond donors (Lipinski definition) is 2. The van der Waals surface area contributed by atoms with Gasteiger partial charge in [0.05, 0.1) is 11.4 Å². The van der Waals surface area contributed by atoms with Gasteiger partial charge >= 0.3 is 0 Å². The molecule has 2 aliphatic rings. The van der Waals surface area contributed by atoms with Crippen LogP contribution in [0.2, 0.25) is 5.02 Å². The van der Waals surface area contributed by atoms with Crippen LogP contribution in [0.1, 0.15) is 0 Å². The molecule has 2 N–H and O–H groups in total. The van der Waals surface area contributed by atoms with Crippen LogP contribution in [0.15, 0.2) is 29.5 Å². The minimum Gasteiger partial charge on any atom is -0.356 e. The second kappa shape index (κ2) is 3.71. The van der Waals surface area contributed by atoms with Gasteiger partial charge in [0.1, 0.15) is 0 Å². The van der Waals surface area contributed by atoms with Crippen molar-refractivity contribution in [1.29, 1.82) is 0 Å². The van der Waals surface area contributed by atoms with Gasteiger partial charge < -0.3 is 10.6 Å². The van der Waals surface area contributed by atoms with Crippen LogP contribution in [0.25, 0.3) is 0 Å². The Labute approximate surface area is 102 Å². The Morgan fingerprint density at radius 2 is 2.06 bits per heavy atom. The third-order valence-corrected chi connectivity index (χ3v) is 3.87. The van der Waals surface area contributed by atoms with Crippen molar-refractivity contribution in [2.45, 2.75) is 0 Å². The second-order valence-electron chi connectivity index (χ2n) is 3.72. The molecule has 2 heterocycles. The minimum atomic E-state index is -0.00595. The van der Waals surface area contributed by atoms with Crippen molar-refractivity contribution < 1.29 is 4.79 Å². The Hall–Kier alpha value is -1.13. The number of thioether (sulfide) groups is 1. The van der Waals surface area contributed by atoms with Crippen LogP contribution in [-0.4, -0.2) is 17.4 Å². The fourth-order valence-corrected chi connectivity index (χ4v) is 3.07. The normalized spacial score (nSPS) is 18.4. The van der Waals surface area contributed by atoms with Gasteiger partial charge in [-0.2, -0.15) is 11.8 Å². The third kappa shape index (κ3) is 1.58. The van der Waals surface area contributed by atoms with Crippen molar-refractivity contribution in [3.63, 3.8) is 0 Å². The lowest BCUT2D eigenvalue weighted by atomic mass is 10.2. The monoisotopic (exact) mass is 252 g/mol. The molecule has 0 saturated carbocycles. The maximum absolute atomic E-state index is 11.9. The molecule has 0 fully saturated rings. The number of hydrogen-bond acceptors (Lipinski definition) is 3. The van der Waals surface area contributed by atoms with Crippen molar-refractivity contribution >= 4 is 40.6 Å². The summed E-state index contributed by atoms with van der Waals surface area (Å²) in [6.07, 6.45) is 0. The molecule has 0 radical (unpaired) electrons.